The van der Waals surface area contributed by atoms with E-state index in [-0.39, 0.29) is 18.4 Å². The third-order valence-electron chi connectivity index (χ3n) is 6.10. The number of nitrogens with zero attached hydrogens (tertiary/aromatic N) is 4. The fourth-order valence-electron chi connectivity index (χ4n) is 4.46. The Morgan fingerprint density at radius 3 is 2.57 bits per heavy atom. The Kier molecular flexibility index (Phi) is 6.52. The molecule has 0 saturated carbocycles. The number of pyridine rings is 2. The van der Waals surface area contributed by atoms with Crippen LogP contribution in [0, 0.1) is 18.6 Å². The summed E-state index contributed by atoms with van der Waals surface area (Å²) in [5.41, 5.74) is 4.08. The number of hydrogen-bond donors (Lipinski definition) is 1. The number of nitrogens with one attached hydrogen (secondary N) is 1. The molecule has 1 aromatic carbocycles. The van der Waals surface area contributed by atoms with Crippen molar-refractivity contribution >= 4 is 16.8 Å². The molecule has 0 unspecified atom stereocenters. The Labute approximate surface area is 212 Å². The molecule has 4 aromatic heterocycles. The first-order valence-corrected chi connectivity index (χ1v) is 11.9. The number of amides is 1. The highest BCUT2D eigenvalue weighted by Crippen LogP contribution is 2.34. The van der Waals surface area contributed by atoms with Crippen molar-refractivity contribution in [1.29, 1.82) is 0 Å². The van der Waals surface area contributed by atoms with E-state index in [1.54, 1.807) is 24.8 Å². The first kappa shape index (κ1) is 24.3. The Balaban J connectivity index is 1.61. The van der Waals surface area contributed by atoms with E-state index >= 15 is 0 Å². The highest BCUT2D eigenvalue weighted by molar-refractivity contribution is 6.08. The number of hydrogen-bond acceptors (Lipinski definition) is 5. The van der Waals surface area contributed by atoms with E-state index in [1.807, 2.05) is 39.0 Å². The Morgan fingerprint density at radius 1 is 1.05 bits per heavy atom. The number of rotatable bonds is 7. The van der Waals surface area contributed by atoms with Crippen LogP contribution in [0.15, 0.2) is 65.6 Å². The zero-order valence-electron chi connectivity index (χ0n) is 20.6. The van der Waals surface area contributed by atoms with Crippen LogP contribution in [0.5, 0.6) is 0 Å². The van der Waals surface area contributed by atoms with Crippen LogP contribution in [0.4, 0.5) is 8.78 Å². The number of aryl methyl sites for hydroxylation is 1. The van der Waals surface area contributed by atoms with Gasteiger partial charge >= 0.3 is 0 Å². The molecule has 7 nitrogen and oxygen atoms in total. The van der Waals surface area contributed by atoms with Crippen molar-refractivity contribution in [2.24, 2.45) is 0 Å². The van der Waals surface area contributed by atoms with E-state index in [0.717, 1.165) is 28.9 Å². The van der Waals surface area contributed by atoms with Crippen LogP contribution in [0.3, 0.4) is 0 Å². The van der Waals surface area contributed by atoms with E-state index in [1.165, 1.54) is 6.07 Å². The molecule has 1 N–H and O–H groups in total. The standard InChI is InChI=1S/C28H25F2N5O2/c1-16(2)26-25(27(36)33-13-18-6-7-21(29)22(30)9-18)20-14-32-23(28-34-11-17(3)37-28)10-24(20)35(26)15-19-5-4-8-31-12-19/h4-12,14,16H,13,15H2,1-3H3,(H,33,36). The molecule has 0 saturated heterocycles. The fourth-order valence-corrected chi connectivity index (χ4v) is 4.46. The molecular weight excluding hydrogens is 476 g/mol. The second kappa shape index (κ2) is 9.93. The zero-order valence-corrected chi connectivity index (χ0v) is 20.6. The summed E-state index contributed by atoms with van der Waals surface area (Å²) in [5, 5.41) is 3.53. The molecule has 5 rings (SSSR count). The summed E-state index contributed by atoms with van der Waals surface area (Å²) in [6, 6.07) is 9.29. The lowest BCUT2D eigenvalue weighted by Gasteiger charge is -2.15. The minimum absolute atomic E-state index is 0.0134. The molecule has 9 heteroatoms. The third-order valence-corrected chi connectivity index (χ3v) is 6.10. The molecular formula is C28H25F2N5O2. The highest BCUT2D eigenvalue weighted by atomic mass is 19.2. The first-order chi connectivity index (χ1) is 17.8. The van der Waals surface area contributed by atoms with Crippen LogP contribution >= 0.6 is 0 Å². The van der Waals surface area contributed by atoms with Gasteiger partial charge in [0.15, 0.2) is 11.6 Å². The predicted octanol–water partition coefficient (Wildman–Crippen LogP) is 5.77. The second-order valence-corrected chi connectivity index (χ2v) is 9.16. The highest BCUT2D eigenvalue weighted by Gasteiger charge is 2.26. The van der Waals surface area contributed by atoms with Gasteiger partial charge in [0.2, 0.25) is 5.89 Å². The van der Waals surface area contributed by atoms with Crippen LogP contribution < -0.4 is 5.32 Å². The maximum atomic E-state index is 13.7. The first-order valence-electron chi connectivity index (χ1n) is 11.9. The molecule has 0 aliphatic heterocycles. The minimum Gasteiger partial charge on any atom is -0.440 e. The molecule has 0 radical (unpaired) electrons. The molecule has 0 bridgehead atoms. The van der Waals surface area contributed by atoms with Crippen LogP contribution in [-0.2, 0) is 13.1 Å². The molecule has 188 valence electrons. The van der Waals surface area contributed by atoms with Crippen molar-refractivity contribution in [3.05, 3.63) is 101 Å². The lowest BCUT2D eigenvalue weighted by atomic mass is 10.0. The fraction of sp³-hybridized carbons (Fsp3) is 0.214. The van der Waals surface area contributed by atoms with Crippen molar-refractivity contribution in [2.75, 3.05) is 0 Å². The zero-order chi connectivity index (χ0) is 26.1. The largest absolute Gasteiger partial charge is 0.440 e. The average Bonchev–Trinajstić information content (AvgIpc) is 3.46. The maximum Gasteiger partial charge on any atom is 0.254 e. The van der Waals surface area contributed by atoms with Gasteiger partial charge in [0.1, 0.15) is 11.5 Å². The van der Waals surface area contributed by atoms with E-state index in [4.69, 9.17) is 4.42 Å². The number of halogens is 2. The maximum absolute atomic E-state index is 13.7. The third kappa shape index (κ3) is 4.84. The number of carbonyl (C=O) groups excluding carboxylic acids is 1. The molecule has 0 aliphatic carbocycles. The van der Waals surface area contributed by atoms with Crippen LogP contribution in [0.1, 0.15) is 52.7 Å². The van der Waals surface area contributed by atoms with Crippen LogP contribution in [-0.4, -0.2) is 25.4 Å². The molecule has 0 aliphatic rings. The van der Waals surface area contributed by atoms with Crippen molar-refractivity contribution in [3.63, 3.8) is 0 Å². The number of carbonyl (C=O) groups is 1. The average molecular weight is 502 g/mol. The quantitative estimate of drug-likeness (QED) is 0.306. The van der Waals surface area contributed by atoms with E-state index in [0.29, 0.717) is 40.4 Å². The number of fused-ring (bicyclic) bond motifs is 1. The Morgan fingerprint density at radius 2 is 1.89 bits per heavy atom. The predicted molar refractivity (Wildman–Crippen MR) is 135 cm³/mol. The van der Waals surface area contributed by atoms with Gasteiger partial charge in [-0.25, -0.2) is 13.8 Å². The van der Waals surface area contributed by atoms with Gasteiger partial charge in [0, 0.05) is 42.8 Å². The topological polar surface area (TPSA) is 85.8 Å². The lowest BCUT2D eigenvalue weighted by Crippen LogP contribution is -2.24. The number of aromatic nitrogens is 4. The molecule has 0 atom stereocenters. The molecule has 5 aromatic rings. The van der Waals surface area contributed by atoms with Crippen molar-refractivity contribution in [1.82, 2.24) is 24.8 Å². The normalized spacial score (nSPS) is 11.4. The van der Waals surface area contributed by atoms with Gasteiger partial charge in [-0.3, -0.25) is 14.8 Å². The molecule has 1 amide bonds. The number of oxazole rings is 1. The Bertz CT molecular complexity index is 1590. The molecule has 37 heavy (non-hydrogen) atoms. The van der Waals surface area contributed by atoms with Gasteiger partial charge < -0.3 is 14.3 Å². The van der Waals surface area contributed by atoms with E-state index in [9.17, 15) is 13.6 Å². The summed E-state index contributed by atoms with van der Waals surface area (Å²) in [7, 11) is 0. The van der Waals surface area contributed by atoms with E-state index in [2.05, 4.69) is 24.8 Å². The van der Waals surface area contributed by atoms with Crippen LogP contribution in [0.25, 0.3) is 22.5 Å². The summed E-state index contributed by atoms with van der Waals surface area (Å²) >= 11 is 0. The number of benzene rings is 1. The van der Waals surface area contributed by atoms with Gasteiger partial charge in [0.25, 0.3) is 5.91 Å². The molecule has 4 heterocycles. The SMILES string of the molecule is Cc1cnc(-c2cc3c(cn2)c(C(=O)NCc2ccc(F)c(F)c2)c(C(C)C)n3Cc2cccnc2)o1. The molecule has 0 spiro atoms. The van der Waals surface area contributed by atoms with Crippen molar-refractivity contribution in [2.45, 2.75) is 39.8 Å². The monoisotopic (exact) mass is 501 g/mol. The minimum atomic E-state index is -0.957. The summed E-state index contributed by atoms with van der Waals surface area (Å²) in [5.74, 6) is -1.17. The smallest absolute Gasteiger partial charge is 0.254 e. The van der Waals surface area contributed by atoms with Gasteiger partial charge in [-0.05, 0) is 48.2 Å². The van der Waals surface area contributed by atoms with Gasteiger partial charge in [-0.2, -0.15) is 0 Å². The lowest BCUT2D eigenvalue weighted by molar-refractivity contribution is 0.0951. The second-order valence-electron chi connectivity index (χ2n) is 9.16. The summed E-state index contributed by atoms with van der Waals surface area (Å²) in [4.78, 5) is 26.6. The molecule has 0 fully saturated rings. The van der Waals surface area contributed by atoms with E-state index < -0.39 is 11.6 Å². The Hall–Kier alpha value is -4.40. The van der Waals surface area contributed by atoms with Crippen LogP contribution in [0.2, 0.25) is 0 Å². The summed E-state index contributed by atoms with van der Waals surface area (Å²) in [6.07, 6.45) is 6.79. The van der Waals surface area contributed by atoms with Gasteiger partial charge in [-0.15, -0.1) is 0 Å². The summed E-state index contributed by atoms with van der Waals surface area (Å²) < 4.78 is 34.8. The van der Waals surface area contributed by atoms with Crippen molar-refractivity contribution < 1.29 is 18.0 Å². The van der Waals surface area contributed by atoms with Gasteiger partial charge in [-0.1, -0.05) is 26.0 Å². The van der Waals surface area contributed by atoms with Gasteiger partial charge in [0.05, 0.1) is 17.3 Å². The van der Waals surface area contributed by atoms with Crippen molar-refractivity contribution in [3.8, 4) is 11.6 Å². The summed E-state index contributed by atoms with van der Waals surface area (Å²) in [6.45, 7) is 6.39.